The molecule has 6 nitrogen and oxygen atoms in total. The Kier molecular flexibility index (Phi) is 2.58. The van der Waals surface area contributed by atoms with E-state index >= 15 is 0 Å². The number of fused-ring (bicyclic) bond motifs is 2. The fourth-order valence-corrected chi connectivity index (χ4v) is 2.63. The first-order valence-electron chi connectivity index (χ1n) is 6.40. The molecule has 0 aliphatic carbocycles. The molecule has 0 spiro atoms. The van der Waals surface area contributed by atoms with E-state index in [9.17, 15) is 0 Å². The summed E-state index contributed by atoms with van der Waals surface area (Å²) in [7, 11) is 1.89. The molecule has 0 amide bonds. The van der Waals surface area contributed by atoms with Crippen LogP contribution in [0.1, 0.15) is 0 Å². The summed E-state index contributed by atoms with van der Waals surface area (Å²) in [6.07, 6.45) is 3.48. The summed E-state index contributed by atoms with van der Waals surface area (Å²) in [6.45, 7) is 0. The lowest BCUT2D eigenvalue weighted by atomic mass is 10.2. The van der Waals surface area contributed by atoms with Crippen LogP contribution in [0, 0.1) is 0 Å². The van der Waals surface area contributed by atoms with E-state index in [0.717, 1.165) is 33.4 Å². The van der Waals surface area contributed by atoms with E-state index in [0.29, 0.717) is 5.02 Å². The van der Waals surface area contributed by atoms with Gasteiger partial charge in [-0.3, -0.25) is 9.78 Å². The molecule has 0 aliphatic heterocycles. The molecule has 0 fully saturated rings. The van der Waals surface area contributed by atoms with Crippen molar-refractivity contribution in [2.75, 3.05) is 5.32 Å². The molecule has 4 rings (SSSR count). The Morgan fingerprint density at radius 2 is 2.19 bits per heavy atom. The van der Waals surface area contributed by atoms with Crippen LogP contribution in [0.25, 0.3) is 21.9 Å². The van der Waals surface area contributed by atoms with Gasteiger partial charge in [0.25, 0.3) is 0 Å². The maximum Gasteiger partial charge on any atom is 0.161 e. The Morgan fingerprint density at radius 1 is 1.29 bits per heavy atom. The van der Waals surface area contributed by atoms with Crippen molar-refractivity contribution < 1.29 is 0 Å². The Morgan fingerprint density at radius 3 is 3.10 bits per heavy atom. The second-order valence-corrected chi connectivity index (χ2v) is 5.16. The number of rotatable bonds is 2. The van der Waals surface area contributed by atoms with Gasteiger partial charge in [-0.1, -0.05) is 11.6 Å². The summed E-state index contributed by atoms with van der Waals surface area (Å²) < 4.78 is 1.79. The molecule has 0 bridgehead atoms. The van der Waals surface area contributed by atoms with E-state index in [1.54, 1.807) is 17.1 Å². The lowest BCUT2D eigenvalue weighted by Crippen LogP contribution is -1.94. The summed E-state index contributed by atoms with van der Waals surface area (Å²) in [5.41, 5.74) is 2.56. The van der Waals surface area contributed by atoms with Gasteiger partial charge < -0.3 is 5.32 Å². The van der Waals surface area contributed by atoms with E-state index in [1.165, 1.54) is 0 Å². The van der Waals surface area contributed by atoms with E-state index < -0.39 is 0 Å². The zero-order valence-electron chi connectivity index (χ0n) is 11.1. The van der Waals surface area contributed by atoms with Crippen molar-refractivity contribution in [3.8, 4) is 0 Å². The summed E-state index contributed by atoms with van der Waals surface area (Å²) in [5, 5.41) is 17.1. The topological polar surface area (TPSA) is 71.4 Å². The highest BCUT2D eigenvalue weighted by atomic mass is 35.5. The van der Waals surface area contributed by atoms with Gasteiger partial charge in [0.2, 0.25) is 0 Å². The number of benzene rings is 1. The van der Waals surface area contributed by atoms with Gasteiger partial charge in [0, 0.05) is 24.3 Å². The van der Waals surface area contributed by atoms with Gasteiger partial charge in [-0.05, 0) is 24.3 Å². The van der Waals surface area contributed by atoms with Crippen LogP contribution in [-0.4, -0.2) is 25.0 Å². The van der Waals surface area contributed by atoms with Crippen LogP contribution in [0.2, 0.25) is 5.02 Å². The number of pyridine rings is 1. The molecule has 2 N–H and O–H groups in total. The van der Waals surface area contributed by atoms with Crippen LogP contribution >= 0.6 is 11.6 Å². The van der Waals surface area contributed by atoms with E-state index in [1.807, 2.05) is 31.3 Å². The second kappa shape index (κ2) is 4.46. The maximum atomic E-state index is 6.30. The number of nitrogens with one attached hydrogen (secondary N) is 2. The van der Waals surface area contributed by atoms with Crippen LogP contribution in [-0.2, 0) is 7.05 Å². The molecule has 0 saturated carbocycles. The number of hydrogen-bond donors (Lipinski definition) is 2. The number of nitrogens with zero attached hydrogens (tertiary/aromatic N) is 4. The van der Waals surface area contributed by atoms with Crippen LogP contribution < -0.4 is 5.32 Å². The predicted molar refractivity (Wildman–Crippen MR) is 82.9 cm³/mol. The summed E-state index contributed by atoms with van der Waals surface area (Å²) in [5.74, 6) is 0.718. The molecule has 0 atom stereocenters. The zero-order valence-corrected chi connectivity index (χ0v) is 11.9. The first-order valence-corrected chi connectivity index (χ1v) is 6.77. The van der Waals surface area contributed by atoms with Crippen LogP contribution in [0.4, 0.5) is 11.5 Å². The van der Waals surface area contributed by atoms with Crippen molar-refractivity contribution in [3.05, 3.63) is 41.7 Å². The van der Waals surface area contributed by atoms with Gasteiger partial charge in [0.05, 0.1) is 22.1 Å². The predicted octanol–water partition coefficient (Wildman–Crippen LogP) is 3.24. The standard InChI is InChI=1S/C14H11ClN6/c1-21-12-6-8(5-11(15)10(12)7-17-21)18-14-9-3-2-4-16-13(9)19-20-14/h2-7H,1H3,(H2,16,18,19,20). The first-order chi connectivity index (χ1) is 10.2. The van der Waals surface area contributed by atoms with E-state index in [2.05, 4.69) is 25.6 Å². The Hall–Kier alpha value is -2.60. The third-order valence-corrected chi connectivity index (χ3v) is 3.73. The molecule has 1 aromatic carbocycles. The maximum absolute atomic E-state index is 6.30. The number of aromatic nitrogens is 5. The number of hydrogen-bond acceptors (Lipinski definition) is 4. The molecule has 0 radical (unpaired) electrons. The Bertz CT molecular complexity index is 955. The summed E-state index contributed by atoms with van der Waals surface area (Å²) >= 11 is 6.30. The Balaban J connectivity index is 1.82. The highest BCUT2D eigenvalue weighted by molar-refractivity contribution is 6.35. The van der Waals surface area contributed by atoms with Gasteiger partial charge >= 0.3 is 0 Å². The lowest BCUT2D eigenvalue weighted by molar-refractivity contribution is 0.797. The molecule has 21 heavy (non-hydrogen) atoms. The third kappa shape index (κ3) is 1.92. The molecule has 0 unspecified atom stereocenters. The highest BCUT2D eigenvalue weighted by Gasteiger charge is 2.10. The monoisotopic (exact) mass is 298 g/mol. The number of halogens is 1. The molecular formula is C14H11ClN6. The van der Waals surface area contributed by atoms with Crippen LogP contribution in [0.3, 0.4) is 0 Å². The smallest absolute Gasteiger partial charge is 0.161 e. The van der Waals surface area contributed by atoms with Gasteiger partial charge in [-0.2, -0.15) is 10.2 Å². The number of H-pyrrole nitrogens is 1. The Labute approximate surface area is 124 Å². The van der Waals surface area contributed by atoms with Gasteiger partial charge in [-0.25, -0.2) is 4.98 Å². The average molecular weight is 299 g/mol. The molecule has 4 aromatic rings. The molecule has 3 heterocycles. The second-order valence-electron chi connectivity index (χ2n) is 4.76. The lowest BCUT2D eigenvalue weighted by Gasteiger charge is -2.06. The van der Waals surface area contributed by atoms with Gasteiger partial charge in [-0.15, -0.1) is 0 Å². The van der Waals surface area contributed by atoms with Gasteiger partial charge in [0.15, 0.2) is 11.5 Å². The largest absolute Gasteiger partial charge is 0.338 e. The fourth-order valence-electron chi connectivity index (χ4n) is 2.36. The molecule has 0 aliphatic rings. The normalized spacial score (nSPS) is 11.3. The number of anilines is 2. The van der Waals surface area contributed by atoms with Crippen molar-refractivity contribution in [2.24, 2.45) is 7.05 Å². The van der Waals surface area contributed by atoms with Crippen molar-refractivity contribution in [2.45, 2.75) is 0 Å². The quantitative estimate of drug-likeness (QED) is 0.596. The number of aryl methyl sites for hydroxylation is 1. The van der Waals surface area contributed by atoms with Crippen molar-refractivity contribution in [1.29, 1.82) is 0 Å². The zero-order chi connectivity index (χ0) is 14.4. The van der Waals surface area contributed by atoms with Gasteiger partial charge in [0.1, 0.15) is 0 Å². The highest BCUT2D eigenvalue weighted by Crippen LogP contribution is 2.30. The van der Waals surface area contributed by atoms with Crippen LogP contribution in [0.5, 0.6) is 0 Å². The first kappa shape index (κ1) is 12.2. The molecular weight excluding hydrogens is 288 g/mol. The minimum Gasteiger partial charge on any atom is -0.338 e. The minimum atomic E-state index is 0.654. The molecule has 104 valence electrons. The fraction of sp³-hybridized carbons (Fsp3) is 0.0714. The SMILES string of the molecule is Cn1ncc2c(Cl)cc(Nc3n[nH]c4ncccc34)cc21. The molecule has 3 aromatic heterocycles. The summed E-state index contributed by atoms with van der Waals surface area (Å²) in [6, 6.07) is 7.69. The average Bonchev–Trinajstić information content (AvgIpc) is 3.05. The molecule has 7 heteroatoms. The van der Waals surface area contributed by atoms with Crippen molar-refractivity contribution in [1.82, 2.24) is 25.0 Å². The van der Waals surface area contributed by atoms with Crippen molar-refractivity contribution >= 4 is 45.0 Å². The number of aromatic amines is 1. The van der Waals surface area contributed by atoms with E-state index in [-0.39, 0.29) is 0 Å². The third-order valence-electron chi connectivity index (χ3n) is 3.42. The minimum absolute atomic E-state index is 0.654. The van der Waals surface area contributed by atoms with E-state index in [4.69, 9.17) is 11.6 Å². The van der Waals surface area contributed by atoms with Crippen LogP contribution in [0.15, 0.2) is 36.7 Å². The van der Waals surface area contributed by atoms with Crippen molar-refractivity contribution in [3.63, 3.8) is 0 Å². The summed E-state index contributed by atoms with van der Waals surface area (Å²) in [4.78, 5) is 4.22. The molecule has 0 saturated heterocycles.